The van der Waals surface area contributed by atoms with Gasteiger partial charge in [-0.2, -0.15) is 0 Å². The molecule has 3 nitrogen and oxygen atoms in total. The molecule has 19 heavy (non-hydrogen) atoms. The molecular weight excluding hydrogens is 324 g/mol. The molecule has 1 aromatic heterocycles. The second kappa shape index (κ2) is 8.72. The number of hydrogen-bond donors (Lipinski definition) is 2. The van der Waals surface area contributed by atoms with E-state index in [2.05, 4.69) is 35.1 Å². The Balaban J connectivity index is 2.27. The van der Waals surface area contributed by atoms with Gasteiger partial charge in [0.1, 0.15) is 0 Å². The van der Waals surface area contributed by atoms with Gasteiger partial charge in [-0.3, -0.25) is 4.79 Å². The van der Waals surface area contributed by atoms with Gasteiger partial charge < -0.3 is 11.1 Å². The topological polar surface area (TPSA) is 55.1 Å². The predicted molar refractivity (Wildman–Crippen MR) is 85.1 cm³/mol. The molecule has 1 atom stereocenters. The number of thiophene rings is 1. The van der Waals surface area contributed by atoms with Gasteiger partial charge in [0.05, 0.1) is 6.54 Å². The first-order valence-corrected chi connectivity index (χ1v) is 8.40. The van der Waals surface area contributed by atoms with Gasteiger partial charge >= 0.3 is 0 Å². The molecule has 0 radical (unpaired) electrons. The molecule has 0 aliphatic carbocycles. The Kier molecular flexibility index (Phi) is 7.64. The molecule has 1 unspecified atom stereocenters. The van der Waals surface area contributed by atoms with Gasteiger partial charge in [-0.25, -0.2) is 0 Å². The fourth-order valence-corrected chi connectivity index (χ4v) is 3.45. The van der Waals surface area contributed by atoms with Crippen LogP contribution >= 0.6 is 27.3 Å². The highest BCUT2D eigenvalue weighted by Crippen LogP contribution is 2.21. The quantitative estimate of drug-likeness (QED) is 0.756. The Labute approximate surface area is 128 Å². The van der Waals surface area contributed by atoms with Crippen LogP contribution in [0.15, 0.2) is 15.9 Å². The van der Waals surface area contributed by atoms with Crippen LogP contribution in [0.1, 0.15) is 38.0 Å². The number of carbonyl (C=O) groups is 1. The van der Waals surface area contributed by atoms with Crippen molar-refractivity contribution in [1.82, 2.24) is 5.32 Å². The smallest absolute Gasteiger partial charge is 0.220 e. The standard InChI is InChI=1S/C14H23BrN2OS/c1-10(2)11(5-6-16)3-4-14(18)17-8-13-7-12(15)9-19-13/h7,9-11H,3-6,8,16H2,1-2H3,(H,17,18). The molecule has 108 valence electrons. The normalized spacial score (nSPS) is 12.7. The third-order valence-electron chi connectivity index (χ3n) is 3.30. The lowest BCUT2D eigenvalue weighted by Gasteiger charge is -2.19. The van der Waals surface area contributed by atoms with Crippen molar-refractivity contribution < 1.29 is 4.79 Å². The van der Waals surface area contributed by atoms with Crippen molar-refractivity contribution in [3.8, 4) is 0 Å². The van der Waals surface area contributed by atoms with E-state index >= 15 is 0 Å². The van der Waals surface area contributed by atoms with Crippen LogP contribution in [0, 0.1) is 11.8 Å². The minimum atomic E-state index is 0.132. The van der Waals surface area contributed by atoms with Crippen molar-refractivity contribution in [3.63, 3.8) is 0 Å². The van der Waals surface area contributed by atoms with Crippen molar-refractivity contribution in [2.75, 3.05) is 6.54 Å². The zero-order valence-electron chi connectivity index (χ0n) is 11.6. The molecule has 5 heteroatoms. The van der Waals surface area contributed by atoms with Crippen molar-refractivity contribution in [3.05, 3.63) is 20.8 Å². The summed E-state index contributed by atoms with van der Waals surface area (Å²) >= 11 is 5.06. The minimum Gasteiger partial charge on any atom is -0.351 e. The zero-order valence-corrected chi connectivity index (χ0v) is 14.0. The predicted octanol–water partition coefficient (Wildman–Crippen LogP) is 3.53. The third kappa shape index (κ3) is 6.54. The fourth-order valence-electron chi connectivity index (χ4n) is 2.06. The van der Waals surface area contributed by atoms with Crippen molar-refractivity contribution >= 4 is 33.2 Å². The third-order valence-corrected chi connectivity index (χ3v) is 5.00. The molecule has 1 aromatic rings. The summed E-state index contributed by atoms with van der Waals surface area (Å²) in [7, 11) is 0. The van der Waals surface area contributed by atoms with E-state index in [4.69, 9.17) is 5.73 Å². The summed E-state index contributed by atoms with van der Waals surface area (Å²) in [5.74, 6) is 1.27. The molecule has 0 spiro atoms. The Bertz CT molecular complexity index is 393. The van der Waals surface area contributed by atoms with Crippen LogP contribution in [0.2, 0.25) is 0 Å². The highest BCUT2D eigenvalue weighted by Gasteiger charge is 2.14. The summed E-state index contributed by atoms with van der Waals surface area (Å²) < 4.78 is 1.07. The second-order valence-electron chi connectivity index (χ2n) is 5.13. The summed E-state index contributed by atoms with van der Waals surface area (Å²) in [6.07, 6.45) is 2.52. The number of halogens is 1. The highest BCUT2D eigenvalue weighted by atomic mass is 79.9. The van der Waals surface area contributed by atoms with Crippen molar-refractivity contribution in [2.45, 2.75) is 39.7 Å². The Morgan fingerprint density at radius 3 is 2.74 bits per heavy atom. The van der Waals surface area contributed by atoms with E-state index in [1.54, 1.807) is 11.3 Å². The minimum absolute atomic E-state index is 0.132. The lowest BCUT2D eigenvalue weighted by atomic mass is 9.88. The van der Waals surface area contributed by atoms with Crippen LogP contribution in [0.4, 0.5) is 0 Å². The maximum atomic E-state index is 11.8. The van der Waals surface area contributed by atoms with Gasteiger partial charge in [-0.15, -0.1) is 11.3 Å². The fraction of sp³-hybridized carbons (Fsp3) is 0.643. The molecule has 0 saturated carbocycles. The van der Waals surface area contributed by atoms with E-state index in [0.29, 0.717) is 31.3 Å². The van der Waals surface area contributed by atoms with Crippen LogP contribution in [-0.4, -0.2) is 12.5 Å². The maximum absolute atomic E-state index is 11.8. The van der Waals surface area contributed by atoms with E-state index in [-0.39, 0.29) is 5.91 Å². The average Bonchev–Trinajstić information content (AvgIpc) is 2.77. The number of carbonyl (C=O) groups excluding carboxylic acids is 1. The van der Waals surface area contributed by atoms with Crippen LogP contribution in [0.3, 0.4) is 0 Å². The number of nitrogens with one attached hydrogen (secondary N) is 1. The molecule has 1 heterocycles. The summed E-state index contributed by atoms with van der Waals surface area (Å²) in [6.45, 7) is 5.72. The first-order chi connectivity index (χ1) is 9.02. The van der Waals surface area contributed by atoms with Gasteiger partial charge in [0.15, 0.2) is 0 Å². The Hall–Kier alpha value is -0.390. The number of hydrogen-bond acceptors (Lipinski definition) is 3. The molecular formula is C14H23BrN2OS. The first-order valence-electron chi connectivity index (χ1n) is 6.72. The number of rotatable bonds is 8. The summed E-state index contributed by atoms with van der Waals surface area (Å²) in [6, 6.07) is 2.04. The summed E-state index contributed by atoms with van der Waals surface area (Å²) in [5, 5.41) is 4.99. The number of nitrogens with two attached hydrogens (primary N) is 1. The SMILES string of the molecule is CC(C)C(CCN)CCC(=O)NCc1cc(Br)cs1. The zero-order chi connectivity index (χ0) is 14.3. The monoisotopic (exact) mass is 346 g/mol. The molecule has 1 rings (SSSR count). The summed E-state index contributed by atoms with van der Waals surface area (Å²) in [4.78, 5) is 13.0. The van der Waals surface area contributed by atoms with E-state index in [1.807, 2.05) is 11.4 Å². The van der Waals surface area contributed by atoms with E-state index in [9.17, 15) is 4.79 Å². The first kappa shape index (κ1) is 16.7. The second-order valence-corrected chi connectivity index (χ2v) is 7.04. The van der Waals surface area contributed by atoms with E-state index in [0.717, 1.165) is 17.3 Å². The van der Waals surface area contributed by atoms with Crippen LogP contribution in [0.25, 0.3) is 0 Å². The Morgan fingerprint density at radius 1 is 1.47 bits per heavy atom. The molecule has 0 aromatic carbocycles. The number of amides is 1. The van der Waals surface area contributed by atoms with Crippen molar-refractivity contribution in [1.29, 1.82) is 0 Å². The largest absolute Gasteiger partial charge is 0.351 e. The van der Waals surface area contributed by atoms with Gasteiger partial charge in [-0.05, 0) is 53.2 Å². The summed E-state index contributed by atoms with van der Waals surface area (Å²) in [5.41, 5.74) is 5.61. The molecule has 3 N–H and O–H groups in total. The van der Waals surface area contributed by atoms with Gasteiger partial charge in [-0.1, -0.05) is 13.8 Å². The lowest BCUT2D eigenvalue weighted by Crippen LogP contribution is -2.24. The molecule has 0 aliphatic rings. The van der Waals surface area contributed by atoms with Gasteiger partial charge in [0.25, 0.3) is 0 Å². The molecule has 0 aliphatic heterocycles. The van der Waals surface area contributed by atoms with E-state index < -0.39 is 0 Å². The van der Waals surface area contributed by atoms with Crippen molar-refractivity contribution in [2.24, 2.45) is 17.6 Å². The highest BCUT2D eigenvalue weighted by molar-refractivity contribution is 9.10. The molecule has 1 amide bonds. The molecule has 0 fully saturated rings. The maximum Gasteiger partial charge on any atom is 0.220 e. The van der Waals surface area contributed by atoms with Crippen LogP contribution in [-0.2, 0) is 11.3 Å². The molecule has 0 bridgehead atoms. The lowest BCUT2D eigenvalue weighted by molar-refractivity contribution is -0.121. The van der Waals surface area contributed by atoms with E-state index in [1.165, 1.54) is 4.88 Å². The van der Waals surface area contributed by atoms with Gasteiger partial charge in [0, 0.05) is 21.2 Å². The average molecular weight is 347 g/mol. The van der Waals surface area contributed by atoms with Crippen LogP contribution in [0.5, 0.6) is 0 Å². The molecule has 0 saturated heterocycles. The van der Waals surface area contributed by atoms with Gasteiger partial charge in [0.2, 0.25) is 5.91 Å². The van der Waals surface area contributed by atoms with Crippen LogP contribution < -0.4 is 11.1 Å². The Morgan fingerprint density at radius 2 is 2.21 bits per heavy atom.